The molecule has 2 aromatic rings. The number of nitrogens with zero attached hydrogens (tertiary/aromatic N) is 3. The summed E-state index contributed by atoms with van der Waals surface area (Å²) in [4.78, 5) is 13.6. The number of hydrogen-bond donors (Lipinski definition) is 2. The summed E-state index contributed by atoms with van der Waals surface area (Å²) in [5.41, 5.74) is 4.60. The minimum atomic E-state index is 0.119. The highest BCUT2D eigenvalue weighted by Crippen LogP contribution is 2.31. The molecule has 6 heteroatoms. The molecule has 0 bridgehead atoms. The van der Waals surface area contributed by atoms with Gasteiger partial charge in [0, 0.05) is 37.5 Å². The van der Waals surface area contributed by atoms with Gasteiger partial charge in [-0.2, -0.15) is 5.10 Å². The molecule has 0 unspecified atom stereocenters. The molecule has 0 saturated heterocycles. The van der Waals surface area contributed by atoms with Crippen molar-refractivity contribution in [2.75, 3.05) is 39.1 Å². The second-order valence-corrected chi connectivity index (χ2v) is 6.21. The number of likely N-dealkylation sites (N-methyl/N-ethyl adjacent to an activating group) is 1. The molecule has 1 aromatic carbocycles. The second-order valence-electron chi connectivity index (χ2n) is 6.21. The molecule has 1 aliphatic rings. The van der Waals surface area contributed by atoms with Gasteiger partial charge in [-0.05, 0) is 57.2 Å². The zero-order valence-corrected chi connectivity index (χ0v) is 19.7. The van der Waals surface area contributed by atoms with Gasteiger partial charge >= 0.3 is 0 Å². The highest BCUT2D eigenvalue weighted by molar-refractivity contribution is 5.93. The Kier molecular flexibility index (Phi) is 14.5. The smallest absolute Gasteiger partial charge is 0.223 e. The van der Waals surface area contributed by atoms with Gasteiger partial charge in [0.2, 0.25) is 5.91 Å². The van der Waals surface area contributed by atoms with Crippen molar-refractivity contribution in [3.8, 4) is 11.1 Å². The van der Waals surface area contributed by atoms with Crippen molar-refractivity contribution in [2.24, 2.45) is 0 Å². The first kappa shape index (κ1) is 26.8. The zero-order valence-electron chi connectivity index (χ0n) is 19.7. The maximum Gasteiger partial charge on any atom is 0.223 e. The van der Waals surface area contributed by atoms with Crippen LogP contribution in [0.2, 0.25) is 0 Å². The Morgan fingerprint density at radius 2 is 1.76 bits per heavy atom. The van der Waals surface area contributed by atoms with Crippen LogP contribution in [-0.2, 0) is 17.8 Å². The van der Waals surface area contributed by atoms with E-state index in [2.05, 4.69) is 40.1 Å². The Hall–Kier alpha value is -2.18. The molecule has 3 rings (SSSR count). The number of benzene rings is 1. The van der Waals surface area contributed by atoms with Gasteiger partial charge < -0.3 is 15.5 Å². The molecule has 2 heterocycles. The van der Waals surface area contributed by atoms with Gasteiger partial charge in [-0.1, -0.05) is 33.8 Å². The average molecular weight is 404 g/mol. The van der Waals surface area contributed by atoms with Crippen LogP contribution in [0.25, 0.3) is 11.1 Å². The molecule has 29 heavy (non-hydrogen) atoms. The number of aryl methyl sites for hydroxylation is 1. The molecule has 0 aliphatic carbocycles. The third-order valence-electron chi connectivity index (χ3n) is 4.14. The number of anilines is 1. The molecule has 6 nitrogen and oxygen atoms in total. The van der Waals surface area contributed by atoms with Gasteiger partial charge in [0.15, 0.2) is 0 Å². The van der Waals surface area contributed by atoms with Crippen LogP contribution < -0.4 is 15.5 Å². The number of amides is 1. The van der Waals surface area contributed by atoms with Crippen molar-refractivity contribution in [1.82, 2.24) is 20.4 Å². The normalized spacial score (nSPS) is 11.7. The molecule has 1 aromatic heterocycles. The largest absolute Gasteiger partial charge is 0.323 e. The zero-order chi connectivity index (χ0) is 22.2. The van der Waals surface area contributed by atoms with E-state index in [4.69, 9.17) is 0 Å². The van der Waals surface area contributed by atoms with Crippen molar-refractivity contribution in [3.63, 3.8) is 0 Å². The molecule has 1 amide bonds. The highest BCUT2D eigenvalue weighted by Gasteiger charge is 2.20. The summed E-state index contributed by atoms with van der Waals surface area (Å²) in [7, 11) is 5.69. The van der Waals surface area contributed by atoms with E-state index in [-0.39, 0.29) is 5.91 Å². The lowest BCUT2D eigenvalue weighted by Crippen LogP contribution is -2.33. The summed E-state index contributed by atoms with van der Waals surface area (Å²) in [6.07, 6.45) is 6.03. The van der Waals surface area contributed by atoms with Gasteiger partial charge in [0.05, 0.1) is 12.7 Å². The van der Waals surface area contributed by atoms with Gasteiger partial charge in [-0.3, -0.25) is 9.48 Å². The minimum Gasteiger partial charge on any atom is -0.323 e. The van der Waals surface area contributed by atoms with Gasteiger partial charge in [-0.25, -0.2) is 0 Å². The van der Waals surface area contributed by atoms with Crippen molar-refractivity contribution in [2.45, 2.75) is 54.0 Å². The third-order valence-corrected chi connectivity index (χ3v) is 4.14. The van der Waals surface area contributed by atoms with Crippen LogP contribution in [-0.4, -0.2) is 49.9 Å². The van der Waals surface area contributed by atoms with Crippen LogP contribution in [0.1, 0.15) is 46.6 Å². The Bertz CT molecular complexity index is 696. The molecule has 2 N–H and O–H groups in total. The van der Waals surface area contributed by atoms with Crippen LogP contribution >= 0.6 is 0 Å². The Labute approximate surface area is 177 Å². The van der Waals surface area contributed by atoms with Crippen molar-refractivity contribution >= 4 is 11.6 Å². The third kappa shape index (κ3) is 8.38. The predicted molar refractivity (Wildman–Crippen MR) is 126 cm³/mol. The molecule has 0 fully saturated rings. The fourth-order valence-corrected chi connectivity index (χ4v) is 2.97. The van der Waals surface area contributed by atoms with Crippen LogP contribution in [0.4, 0.5) is 5.69 Å². The summed E-state index contributed by atoms with van der Waals surface area (Å²) in [6, 6.07) is 6.35. The number of carbonyl (C=O) groups is 1. The SMILES string of the molecule is CC.CC.CNC.CNCCn1cc(-c2ccc3c(c2)CCCN3C(C)=O)cn1. The monoisotopic (exact) mass is 403 g/mol. The molecular formula is C23H41N5O. The van der Waals surface area contributed by atoms with Crippen LogP contribution in [0, 0.1) is 0 Å². The van der Waals surface area contributed by atoms with Crippen molar-refractivity contribution in [1.29, 1.82) is 0 Å². The number of nitrogens with one attached hydrogen (secondary N) is 2. The molecule has 164 valence electrons. The predicted octanol–water partition coefficient (Wildman–Crippen LogP) is 3.96. The number of hydrogen-bond acceptors (Lipinski definition) is 4. The van der Waals surface area contributed by atoms with E-state index in [1.807, 2.05) is 64.6 Å². The van der Waals surface area contributed by atoms with Gasteiger partial charge in [0.25, 0.3) is 0 Å². The van der Waals surface area contributed by atoms with Gasteiger partial charge in [0.1, 0.15) is 0 Å². The van der Waals surface area contributed by atoms with Gasteiger partial charge in [-0.15, -0.1) is 0 Å². The van der Waals surface area contributed by atoms with E-state index >= 15 is 0 Å². The maximum atomic E-state index is 11.7. The highest BCUT2D eigenvalue weighted by atomic mass is 16.2. The van der Waals surface area contributed by atoms with Crippen LogP contribution in [0.5, 0.6) is 0 Å². The Balaban J connectivity index is 0.00000100. The topological polar surface area (TPSA) is 62.2 Å². The van der Waals surface area contributed by atoms with E-state index in [1.54, 1.807) is 6.92 Å². The summed E-state index contributed by atoms with van der Waals surface area (Å²) in [6.45, 7) is 12.2. The number of fused-ring (bicyclic) bond motifs is 1. The van der Waals surface area contributed by atoms with E-state index in [9.17, 15) is 4.79 Å². The molecule has 0 atom stereocenters. The minimum absolute atomic E-state index is 0.119. The van der Waals surface area contributed by atoms with E-state index < -0.39 is 0 Å². The summed E-state index contributed by atoms with van der Waals surface area (Å²) >= 11 is 0. The summed E-state index contributed by atoms with van der Waals surface area (Å²) in [5, 5.41) is 10.3. The number of carbonyl (C=O) groups excluding carboxylic acids is 1. The summed E-state index contributed by atoms with van der Waals surface area (Å²) in [5.74, 6) is 0.119. The van der Waals surface area contributed by atoms with E-state index in [0.29, 0.717) is 0 Å². The van der Waals surface area contributed by atoms with Crippen molar-refractivity contribution in [3.05, 3.63) is 36.2 Å². The van der Waals surface area contributed by atoms with Crippen molar-refractivity contribution < 1.29 is 4.79 Å². The second kappa shape index (κ2) is 15.7. The first-order valence-corrected chi connectivity index (χ1v) is 10.8. The summed E-state index contributed by atoms with van der Waals surface area (Å²) < 4.78 is 1.95. The van der Waals surface area contributed by atoms with Crippen LogP contribution in [0.15, 0.2) is 30.6 Å². The Morgan fingerprint density at radius 3 is 2.34 bits per heavy atom. The standard InChI is InChI=1S/C17H22N4O.C2H7N.2C2H6/c1-13(22)21-8-3-4-15-10-14(5-6-17(15)21)16-11-19-20(12-16)9-7-18-2;1-3-2;2*1-2/h5-6,10-12,18H,3-4,7-9H2,1-2H3;3H,1-2H3;2*1-2H3. The molecular weight excluding hydrogens is 362 g/mol. The molecule has 0 saturated carbocycles. The van der Waals surface area contributed by atoms with Crippen LogP contribution in [0.3, 0.4) is 0 Å². The molecule has 0 radical (unpaired) electrons. The fourth-order valence-electron chi connectivity index (χ4n) is 2.97. The maximum absolute atomic E-state index is 11.7. The number of aromatic nitrogens is 2. The fraction of sp³-hybridized carbons (Fsp3) is 0.565. The molecule has 0 spiro atoms. The number of rotatable bonds is 4. The lowest BCUT2D eigenvalue weighted by atomic mass is 9.97. The van der Waals surface area contributed by atoms with E-state index in [1.165, 1.54) is 11.1 Å². The first-order chi connectivity index (χ1) is 14.1. The first-order valence-electron chi connectivity index (χ1n) is 10.8. The van der Waals surface area contributed by atoms with E-state index in [0.717, 1.165) is 43.7 Å². The lowest BCUT2D eigenvalue weighted by Gasteiger charge is -2.28. The Morgan fingerprint density at radius 1 is 1.10 bits per heavy atom. The molecule has 1 aliphatic heterocycles. The average Bonchev–Trinajstić information content (AvgIpc) is 3.24. The quantitative estimate of drug-likeness (QED) is 0.811. The lowest BCUT2D eigenvalue weighted by molar-refractivity contribution is -0.116.